The molecule has 0 saturated heterocycles. The highest BCUT2D eigenvalue weighted by atomic mass is 32.2. The quantitative estimate of drug-likeness (QED) is 0.813. The number of benzene rings is 1. The fraction of sp³-hybridized carbons (Fsp3) is 0.400. The lowest BCUT2D eigenvalue weighted by Gasteiger charge is -2.04. The molecule has 78 valence electrons. The van der Waals surface area contributed by atoms with Crippen molar-refractivity contribution in [2.75, 3.05) is 17.6 Å². The number of sulfone groups is 1. The summed E-state index contributed by atoms with van der Waals surface area (Å²) in [6.45, 7) is 2.58. The Morgan fingerprint density at radius 1 is 1.50 bits per heavy atom. The van der Waals surface area contributed by atoms with Crippen LogP contribution in [0.4, 0.5) is 5.69 Å². The van der Waals surface area contributed by atoms with Crippen LogP contribution in [0.25, 0.3) is 0 Å². The molecule has 0 radical (unpaired) electrons. The second kappa shape index (κ2) is 3.28. The summed E-state index contributed by atoms with van der Waals surface area (Å²) in [6, 6.07) is 5.31. The molecule has 1 heterocycles. The van der Waals surface area contributed by atoms with Gasteiger partial charge in [-0.3, -0.25) is 0 Å². The third-order valence-corrected chi connectivity index (χ3v) is 4.26. The van der Waals surface area contributed by atoms with Gasteiger partial charge in [0.25, 0.3) is 0 Å². The molecule has 0 spiro atoms. The number of hydrogen-bond donors (Lipinski definition) is 1. The van der Waals surface area contributed by atoms with Gasteiger partial charge in [0.2, 0.25) is 0 Å². The molecule has 3 nitrogen and oxygen atoms in total. The van der Waals surface area contributed by atoms with Crippen molar-refractivity contribution in [3.05, 3.63) is 23.8 Å². The van der Waals surface area contributed by atoms with Crippen molar-refractivity contribution in [3.8, 4) is 0 Å². The van der Waals surface area contributed by atoms with E-state index in [0.29, 0.717) is 4.90 Å². The average Bonchev–Trinajstić information content (AvgIpc) is 2.64. The first kappa shape index (κ1) is 9.52. The molecule has 0 unspecified atom stereocenters. The summed E-state index contributed by atoms with van der Waals surface area (Å²) in [5.74, 6) is 0.166. The van der Waals surface area contributed by atoms with Crippen LogP contribution in [0.5, 0.6) is 0 Å². The van der Waals surface area contributed by atoms with Crippen LogP contribution in [-0.2, 0) is 16.3 Å². The third kappa shape index (κ3) is 1.50. The first-order valence-electron chi connectivity index (χ1n) is 4.73. The topological polar surface area (TPSA) is 46.2 Å². The molecule has 0 atom stereocenters. The van der Waals surface area contributed by atoms with Gasteiger partial charge in [-0.1, -0.05) is 6.92 Å². The highest BCUT2D eigenvalue weighted by molar-refractivity contribution is 7.91. The number of nitrogens with one attached hydrogen (secondary N) is 1. The zero-order chi connectivity index (χ0) is 10.2. The monoisotopic (exact) mass is 213 g/mol. The van der Waals surface area contributed by atoms with Gasteiger partial charge in [-0.05, 0) is 30.2 Å². The van der Waals surface area contributed by atoms with Crippen molar-refractivity contribution in [1.82, 2.24) is 0 Å². The molecule has 0 bridgehead atoms. The van der Waals surface area contributed by atoms with E-state index < -0.39 is 9.84 Å². The highest BCUT2D eigenvalue weighted by Gasteiger charge is 2.16. The summed E-state index contributed by atoms with van der Waals surface area (Å²) in [5.41, 5.74) is 2.18. The number of rotatable bonds is 2. The molecule has 0 fully saturated rings. The van der Waals surface area contributed by atoms with Crippen molar-refractivity contribution in [3.63, 3.8) is 0 Å². The van der Waals surface area contributed by atoms with E-state index >= 15 is 0 Å². The number of hydrogen-bond acceptors (Lipinski definition) is 3. The van der Waals surface area contributed by atoms with E-state index in [2.05, 4.69) is 5.32 Å². The maximum absolute atomic E-state index is 11.6. The Labute approximate surface area is 85.5 Å². The van der Waals surface area contributed by atoms with E-state index in [9.17, 15) is 8.42 Å². The zero-order valence-electron chi connectivity index (χ0n) is 8.08. The molecule has 1 N–H and O–H groups in total. The van der Waals surface area contributed by atoms with Crippen LogP contribution < -0.4 is 5.32 Å². The molecule has 0 aliphatic carbocycles. The Bertz CT molecular complexity index is 456. The summed E-state index contributed by atoms with van der Waals surface area (Å²) in [7, 11) is -3.05. The predicted octanol–water partition coefficient (Wildman–Crippen LogP) is 1.69. The largest absolute Gasteiger partial charge is 0.384 e. The number of anilines is 1. The molecule has 1 aromatic carbocycles. The van der Waals surface area contributed by atoms with Gasteiger partial charge in [-0.2, -0.15) is 0 Å². The Morgan fingerprint density at radius 3 is 3.00 bits per heavy atom. The van der Waals surface area contributed by atoms with Crippen molar-refractivity contribution >= 4 is 15.5 Å². The Kier molecular flexibility index (Phi) is 2.23. The SMILES string of the molecule is CCS(=O)(=O)c1ccc2c(c1)CCN2.[HH]. The minimum absolute atomic E-state index is 0. The van der Waals surface area contributed by atoms with Crippen LogP contribution in [0.15, 0.2) is 23.1 Å². The van der Waals surface area contributed by atoms with Gasteiger partial charge < -0.3 is 5.32 Å². The zero-order valence-corrected chi connectivity index (χ0v) is 8.89. The molecule has 2 rings (SSSR count). The Balaban J connectivity index is 0.00000112. The fourth-order valence-electron chi connectivity index (χ4n) is 1.64. The second-order valence-corrected chi connectivity index (χ2v) is 5.68. The molecule has 0 saturated carbocycles. The minimum Gasteiger partial charge on any atom is -0.384 e. The maximum Gasteiger partial charge on any atom is 0.178 e. The third-order valence-electron chi connectivity index (χ3n) is 2.53. The molecule has 14 heavy (non-hydrogen) atoms. The van der Waals surface area contributed by atoms with Gasteiger partial charge in [0.05, 0.1) is 10.6 Å². The smallest absolute Gasteiger partial charge is 0.178 e. The first-order valence-corrected chi connectivity index (χ1v) is 6.38. The summed E-state index contributed by atoms with van der Waals surface area (Å²) in [6.07, 6.45) is 0.919. The normalized spacial score (nSPS) is 14.9. The van der Waals surface area contributed by atoms with Crippen molar-refractivity contribution < 1.29 is 9.84 Å². The van der Waals surface area contributed by atoms with Gasteiger partial charge in [0, 0.05) is 13.7 Å². The lowest BCUT2D eigenvalue weighted by Crippen LogP contribution is -2.03. The van der Waals surface area contributed by atoms with E-state index in [4.69, 9.17) is 0 Å². The van der Waals surface area contributed by atoms with Crippen LogP contribution in [0.1, 0.15) is 13.9 Å². The van der Waals surface area contributed by atoms with E-state index in [1.54, 1.807) is 19.1 Å². The van der Waals surface area contributed by atoms with Crippen molar-refractivity contribution in [2.45, 2.75) is 18.2 Å². The molecule has 1 aliphatic rings. The van der Waals surface area contributed by atoms with Crippen molar-refractivity contribution in [2.24, 2.45) is 0 Å². The van der Waals surface area contributed by atoms with E-state index in [1.165, 1.54) is 0 Å². The van der Waals surface area contributed by atoms with E-state index in [0.717, 1.165) is 24.2 Å². The Morgan fingerprint density at radius 2 is 2.29 bits per heavy atom. The van der Waals surface area contributed by atoms with Gasteiger partial charge in [-0.25, -0.2) is 8.42 Å². The van der Waals surface area contributed by atoms with Crippen LogP contribution in [-0.4, -0.2) is 20.7 Å². The van der Waals surface area contributed by atoms with E-state index in [1.807, 2.05) is 6.07 Å². The minimum atomic E-state index is -3.05. The standard InChI is InChI=1S/C10H13NO2S.H2/c1-2-14(12,13)9-3-4-10-8(7-9)5-6-11-10;/h3-4,7,11H,2,5-6H2,1H3;1H. The fourth-order valence-corrected chi connectivity index (χ4v) is 2.57. The molecule has 0 amide bonds. The van der Waals surface area contributed by atoms with E-state index in [-0.39, 0.29) is 7.18 Å². The van der Waals surface area contributed by atoms with Crippen LogP contribution >= 0.6 is 0 Å². The molecule has 1 aromatic rings. The Hall–Kier alpha value is -1.03. The summed E-state index contributed by atoms with van der Waals surface area (Å²) >= 11 is 0. The predicted molar refractivity (Wildman–Crippen MR) is 58.5 cm³/mol. The lowest BCUT2D eigenvalue weighted by molar-refractivity contribution is 0.597. The maximum atomic E-state index is 11.6. The lowest BCUT2D eigenvalue weighted by atomic mass is 10.2. The average molecular weight is 213 g/mol. The molecular weight excluding hydrogens is 198 g/mol. The molecule has 1 aliphatic heterocycles. The van der Waals surface area contributed by atoms with Crippen molar-refractivity contribution in [1.29, 1.82) is 0 Å². The molecule has 4 heteroatoms. The molecule has 0 aromatic heterocycles. The summed E-state index contributed by atoms with van der Waals surface area (Å²) < 4.78 is 23.2. The van der Waals surface area contributed by atoms with Gasteiger partial charge in [-0.15, -0.1) is 0 Å². The second-order valence-electron chi connectivity index (χ2n) is 3.40. The summed E-state index contributed by atoms with van der Waals surface area (Å²) in [4.78, 5) is 0.447. The van der Waals surface area contributed by atoms with Crippen LogP contribution in [0.3, 0.4) is 0 Å². The molecular formula is C10H15NO2S. The number of fused-ring (bicyclic) bond motifs is 1. The summed E-state index contributed by atoms with van der Waals surface area (Å²) in [5, 5.41) is 3.20. The van der Waals surface area contributed by atoms with Crippen LogP contribution in [0.2, 0.25) is 0 Å². The van der Waals surface area contributed by atoms with Gasteiger partial charge in [0.1, 0.15) is 0 Å². The van der Waals surface area contributed by atoms with Gasteiger partial charge in [0.15, 0.2) is 9.84 Å². The van der Waals surface area contributed by atoms with Crippen LogP contribution in [0, 0.1) is 0 Å². The highest BCUT2D eigenvalue weighted by Crippen LogP contribution is 2.25. The first-order chi connectivity index (χ1) is 6.63. The van der Waals surface area contributed by atoms with Gasteiger partial charge >= 0.3 is 0 Å².